The Morgan fingerprint density at radius 2 is 1.39 bits per heavy atom. The molecule has 0 unspecified atom stereocenters. The van der Waals surface area contributed by atoms with Crippen LogP contribution in [0.1, 0.15) is 16.7 Å². The largest absolute Gasteiger partial charge is 0.507 e. The van der Waals surface area contributed by atoms with E-state index in [4.69, 9.17) is 11.6 Å². The quantitative estimate of drug-likeness (QED) is 0.236. The van der Waals surface area contributed by atoms with Gasteiger partial charge in [-0.2, -0.15) is 0 Å². The van der Waals surface area contributed by atoms with E-state index in [1.807, 2.05) is 0 Å². The summed E-state index contributed by atoms with van der Waals surface area (Å²) in [7, 11) is 0. The first kappa shape index (κ1) is 19.8. The molecule has 0 fully saturated rings. The number of rotatable bonds is 3. The van der Waals surface area contributed by atoms with E-state index in [0.29, 0.717) is 5.56 Å². The van der Waals surface area contributed by atoms with Gasteiger partial charge in [-0.05, 0) is 24.6 Å². The molecule has 0 amide bonds. The predicted molar refractivity (Wildman–Crippen MR) is 95.8 cm³/mol. The van der Waals surface area contributed by atoms with E-state index in [-0.39, 0.29) is 27.6 Å². The Balaban J connectivity index is 2.38. The number of halogens is 6. The van der Waals surface area contributed by atoms with E-state index in [0.717, 1.165) is 0 Å². The van der Waals surface area contributed by atoms with Gasteiger partial charge >= 0.3 is 0 Å². The summed E-state index contributed by atoms with van der Waals surface area (Å²) in [5.41, 5.74) is -1.01. The molecule has 0 saturated carbocycles. The third kappa shape index (κ3) is 3.45. The highest BCUT2D eigenvalue weighted by molar-refractivity contribution is 6.31. The molecule has 0 aromatic heterocycles. The van der Waals surface area contributed by atoms with Crippen LogP contribution in [-0.2, 0) is 0 Å². The van der Waals surface area contributed by atoms with Crippen LogP contribution in [-0.4, -0.2) is 10.8 Å². The summed E-state index contributed by atoms with van der Waals surface area (Å²) in [5, 5.41) is 10.6. The molecule has 1 N–H and O–H groups in total. The number of hydrogen-bond donors (Lipinski definition) is 1. The minimum absolute atomic E-state index is 0.0276. The maximum absolute atomic E-state index is 14.1. The highest BCUT2D eigenvalue weighted by atomic mass is 35.5. The third-order valence-electron chi connectivity index (χ3n) is 3.98. The van der Waals surface area contributed by atoms with Gasteiger partial charge in [0.2, 0.25) is 5.82 Å². The van der Waals surface area contributed by atoms with E-state index in [2.05, 4.69) is 4.99 Å². The summed E-state index contributed by atoms with van der Waals surface area (Å²) in [6, 6.07) is 10.5. The van der Waals surface area contributed by atoms with Gasteiger partial charge in [0.15, 0.2) is 23.3 Å². The number of hydrogen-bond acceptors (Lipinski definition) is 2. The van der Waals surface area contributed by atoms with Crippen LogP contribution < -0.4 is 0 Å². The molecule has 3 rings (SSSR count). The summed E-state index contributed by atoms with van der Waals surface area (Å²) in [4.78, 5) is 3.71. The van der Waals surface area contributed by atoms with Crippen molar-refractivity contribution >= 4 is 23.0 Å². The second-order valence-electron chi connectivity index (χ2n) is 5.86. The number of phenolic OH excluding ortho intramolecular Hbond substituents is 1. The monoisotopic (exact) mass is 411 g/mol. The first-order valence-corrected chi connectivity index (χ1v) is 8.25. The van der Waals surface area contributed by atoms with Crippen LogP contribution in [0, 0.1) is 36.0 Å². The van der Waals surface area contributed by atoms with Crippen molar-refractivity contribution in [3.05, 3.63) is 93.3 Å². The van der Waals surface area contributed by atoms with E-state index >= 15 is 0 Å². The van der Waals surface area contributed by atoms with Crippen LogP contribution in [0.4, 0.5) is 27.6 Å². The molecule has 0 atom stereocenters. The van der Waals surface area contributed by atoms with Crippen molar-refractivity contribution in [3.8, 4) is 5.75 Å². The van der Waals surface area contributed by atoms with Crippen LogP contribution in [0.2, 0.25) is 5.02 Å². The number of benzene rings is 3. The number of phenols is 1. The van der Waals surface area contributed by atoms with Gasteiger partial charge in [-0.25, -0.2) is 26.9 Å². The van der Waals surface area contributed by atoms with E-state index < -0.39 is 34.8 Å². The molecule has 28 heavy (non-hydrogen) atoms. The fourth-order valence-corrected chi connectivity index (χ4v) is 2.87. The molecule has 0 spiro atoms. The first-order valence-electron chi connectivity index (χ1n) is 7.87. The molecular formula is C20H11ClF5NO. The molecule has 0 radical (unpaired) electrons. The summed E-state index contributed by atoms with van der Waals surface area (Å²) in [6.45, 7) is 1.53. The summed E-state index contributed by atoms with van der Waals surface area (Å²) in [6.07, 6.45) is 0. The summed E-state index contributed by atoms with van der Waals surface area (Å²) >= 11 is 6.01. The molecule has 0 bridgehead atoms. The second-order valence-corrected chi connectivity index (χ2v) is 6.30. The number of aryl methyl sites for hydroxylation is 1. The average molecular weight is 412 g/mol. The van der Waals surface area contributed by atoms with Crippen molar-refractivity contribution in [1.29, 1.82) is 0 Å². The number of aliphatic imine (C=N–C) groups is 1. The first-order chi connectivity index (χ1) is 13.2. The molecular weight excluding hydrogens is 401 g/mol. The zero-order valence-electron chi connectivity index (χ0n) is 14.2. The molecule has 3 aromatic rings. The van der Waals surface area contributed by atoms with E-state index in [9.17, 15) is 27.1 Å². The summed E-state index contributed by atoms with van der Waals surface area (Å²) in [5.74, 6) is -11.0. The van der Waals surface area contributed by atoms with Gasteiger partial charge in [0.25, 0.3) is 0 Å². The minimum Gasteiger partial charge on any atom is -0.507 e. The van der Waals surface area contributed by atoms with Crippen LogP contribution >= 0.6 is 11.6 Å². The van der Waals surface area contributed by atoms with E-state index in [1.165, 1.54) is 31.2 Å². The maximum atomic E-state index is 14.1. The molecule has 0 aliphatic rings. The SMILES string of the molecule is Cc1cc(Cl)cc(C(=Nc2c(F)c(F)c(F)c(F)c2F)c2ccccc2)c1O. The van der Waals surface area contributed by atoms with Gasteiger partial charge in [-0.15, -0.1) is 0 Å². The van der Waals surface area contributed by atoms with Gasteiger partial charge in [-0.1, -0.05) is 41.9 Å². The van der Waals surface area contributed by atoms with Crippen molar-refractivity contribution in [1.82, 2.24) is 0 Å². The zero-order valence-corrected chi connectivity index (χ0v) is 15.0. The maximum Gasteiger partial charge on any atom is 0.200 e. The van der Waals surface area contributed by atoms with Crippen molar-refractivity contribution in [2.75, 3.05) is 0 Å². The molecule has 0 aliphatic carbocycles. The van der Waals surface area contributed by atoms with Crippen LogP contribution in [0.3, 0.4) is 0 Å². The van der Waals surface area contributed by atoms with Crippen molar-refractivity contribution in [3.63, 3.8) is 0 Å². The second kappa shape index (κ2) is 7.59. The smallest absolute Gasteiger partial charge is 0.200 e. The Kier molecular flexibility index (Phi) is 5.38. The van der Waals surface area contributed by atoms with Crippen molar-refractivity contribution < 1.29 is 27.1 Å². The van der Waals surface area contributed by atoms with Crippen LogP contribution in [0.25, 0.3) is 0 Å². The Morgan fingerprint density at radius 1 is 0.857 bits per heavy atom. The topological polar surface area (TPSA) is 32.6 Å². The fraction of sp³-hybridized carbons (Fsp3) is 0.0500. The van der Waals surface area contributed by atoms with Crippen LogP contribution in [0.5, 0.6) is 5.75 Å². The van der Waals surface area contributed by atoms with Crippen LogP contribution in [0.15, 0.2) is 47.5 Å². The highest BCUT2D eigenvalue weighted by Crippen LogP contribution is 2.34. The lowest BCUT2D eigenvalue weighted by Gasteiger charge is -2.13. The van der Waals surface area contributed by atoms with Gasteiger partial charge in [0, 0.05) is 16.1 Å². The summed E-state index contributed by atoms with van der Waals surface area (Å²) < 4.78 is 68.7. The van der Waals surface area contributed by atoms with Crippen molar-refractivity contribution in [2.24, 2.45) is 4.99 Å². The normalized spacial score (nSPS) is 11.8. The average Bonchev–Trinajstić information content (AvgIpc) is 2.69. The molecule has 8 heteroatoms. The third-order valence-corrected chi connectivity index (χ3v) is 4.20. The Hall–Kier alpha value is -2.93. The highest BCUT2D eigenvalue weighted by Gasteiger charge is 2.27. The Bertz CT molecular complexity index is 1070. The number of nitrogens with zero attached hydrogens (tertiary/aromatic N) is 1. The van der Waals surface area contributed by atoms with Gasteiger partial charge in [-0.3, -0.25) is 0 Å². The number of aromatic hydroxyl groups is 1. The molecule has 0 aliphatic heterocycles. The zero-order chi connectivity index (χ0) is 20.6. The van der Waals surface area contributed by atoms with Gasteiger partial charge in [0.1, 0.15) is 11.4 Å². The van der Waals surface area contributed by atoms with E-state index in [1.54, 1.807) is 18.2 Å². The lowest BCUT2D eigenvalue weighted by Crippen LogP contribution is -2.07. The lowest BCUT2D eigenvalue weighted by molar-refractivity contribution is 0.381. The molecule has 0 heterocycles. The lowest BCUT2D eigenvalue weighted by atomic mass is 9.99. The standard InChI is InChI=1S/C20H11ClF5NO/c1-9-7-11(21)8-12(20(9)28)18(10-5-3-2-4-6-10)27-19-16(25)14(23)13(22)15(24)17(19)26/h2-8,28H,1H3. The molecule has 144 valence electrons. The minimum atomic E-state index is -2.28. The predicted octanol–water partition coefficient (Wildman–Crippen LogP) is 6.22. The fourth-order valence-electron chi connectivity index (χ4n) is 2.60. The molecule has 3 aromatic carbocycles. The Morgan fingerprint density at radius 3 is 1.96 bits per heavy atom. The molecule has 2 nitrogen and oxygen atoms in total. The Labute approximate surface area is 161 Å². The van der Waals surface area contributed by atoms with Gasteiger partial charge in [0.05, 0.1) is 5.71 Å². The molecule has 0 saturated heterocycles. The van der Waals surface area contributed by atoms with Gasteiger partial charge < -0.3 is 5.11 Å². The van der Waals surface area contributed by atoms with Crippen molar-refractivity contribution in [2.45, 2.75) is 6.92 Å².